The molecule has 1 saturated carbocycles. The second-order valence-corrected chi connectivity index (χ2v) is 5.59. The number of carbonyl (C=O) groups is 2. The number of ether oxygens (including phenoxy) is 2. The molecule has 5 nitrogen and oxygen atoms in total. The van der Waals surface area contributed by atoms with E-state index >= 15 is 0 Å². The number of rotatable bonds is 4. The molecule has 0 unspecified atom stereocenters. The van der Waals surface area contributed by atoms with Gasteiger partial charge in [0.25, 0.3) is 0 Å². The van der Waals surface area contributed by atoms with E-state index in [0.29, 0.717) is 25.7 Å². The van der Waals surface area contributed by atoms with E-state index in [1.54, 1.807) is 19.1 Å². The highest BCUT2D eigenvalue weighted by atomic mass is 19.1. The number of esters is 2. The number of halogens is 1. The zero-order valence-electron chi connectivity index (χ0n) is 13.3. The Morgan fingerprint density at radius 1 is 1.29 bits per heavy atom. The maximum absolute atomic E-state index is 13.5. The highest BCUT2D eigenvalue weighted by Crippen LogP contribution is 2.28. The highest BCUT2D eigenvalue weighted by molar-refractivity contribution is 5.82. The summed E-state index contributed by atoms with van der Waals surface area (Å²) in [7, 11) is 0. The van der Waals surface area contributed by atoms with Crippen molar-refractivity contribution in [2.75, 3.05) is 0 Å². The van der Waals surface area contributed by atoms with Crippen LogP contribution in [0, 0.1) is 23.1 Å². The molecule has 126 valence electrons. The molecule has 0 radical (unpaired) electrons. The molecule has 0 aromatic heterocycles. The summed E-state index contributed by atoms with van der Waals surface area (Å²) in [4.78, 5) is 23.5. The molecule has 6 heteroatoms. The molecule has 0 bridgehead atoms. The number of hydrogen-bond donors (Lipinski definition) is 0. The van der Waals surface area contributed by atoms with Crippen molar-refractivity contribution in [3.63, 3.8) is 0 Å². The zero-order valence-corrected chi connectivity index (χ0v) is 13.3. The van der Waals surface area contributed by atoms with Crippen molar-refractivity contribution in [3.8, 4) is 11.8 Å². The van der Waals surface area contributed by atoms with Crippen LogP contribution in [0.2, 0.25) is 0 Å². The van der Waals surface area contributed by atoms with Crippen LogP contribution in [-0.4, -0.2) is 18.0 Å². The molecule has 1 aliphatic rings. The van der Waals surface area contributed by atoms with Gasteiger partial charge in [-0.15, -0.1) is 0 Å². The molecule has 0 amide bonds. The molecule has 2 rings (SSSR count). The molecule has 0 aliphatic heterocycles. The van der Waals surface area contributed by atoms with E-state index in [0.717, 1.165) is 6.07 Å². The quantitative estimate of drug-likeness (QED) is 0.481. The Hall–Kier alpha value is -2.68. The van der Waals surface area contributed by atoms with E-state index in [2.05, 4.69) is 0 Å². The van der Waals surface area contributed by atoms with Crippen LogP contribution in [0.4, 0.5) is 4.39 Å². The maximum atomic E-state index is 13.5. The molecule has 0 saturated heterocycles. The Kier molecular flexibility index (Phi) is 6.07. The summed E-state index contributed by atoms with van der Waals surface area (Å²) in [5.74, 6) is -1.75. The average Bonchev–Trinajstić information content (AvgIpc) is 2.56. The van der Waals surface area contributed by atoms with Gasteiger partial charge in [-0.05, 0) is 44.7 Å². The molecular weight excluding hydrogens is 313 g/mol. The Morgan fingerprint density at radius 3 is 2.58 bits per heavy atom. The van der Waals surface area contributed by atoms with Crippen molar-refractivity contribution < 1.29 is 23.5 Å². The minimum absolute atomic E-state index is 0.0816. The van der Waals surface area contributed by atoms with Gasteiger partial charge in [-0.3, -0.25) is 4.79 Å². The smallest absolute Gasteiger partial charge is 0.330 e. The first-order valence-corrected chi connectivity index (χ1v) is 7.78. The van der Waals surface area contributed by atoms with Crippen LogP contribution < -0.4 is 4.74 Å². The van der Waals surface area contributed by atoms with Gasteiger partial charge in [-0.2, -0.15) is 5.26 Å². The number of nitrogens with zero attached hydrogens (tertiary/aromatic N) is 1. The summed E-state index contributed by atoms with van der Waals surface area (Å²) in [6.07, 6.45) is 5.05. The predicted molar refractivity (Wildman–Crippen MR) is 83.4 cm³/mol. The number of allylic oxidation sites excluding steroid dienone is 1. The molecule has 0 heterocycles. The molecule has 0 N–H and O–H groups in total. The second-order valence-electron chi connectivity index (χ2n) is 5.59. The standard InChI is InChI=1S/C18H18FNO4/c1-2-3-17(21)23-14-7-4-12(5-8-14)18(22)24-15-9-6-13(11-20)16(19)10-15/h2-3,6,9-10,12,14H,4-5,7-8H2,1H3/b3-2+/t12-,14-. The fourth-order valence-corrected chi connectivity index (χ4v) is 2.61. The Morgan fingerprint density at radius 2 is 2.00 bits per heavy atom. The number of carbonyl (C=O) groups excluding carboxylic acids is 2. The fourth-order valence-electron chi connectivity index (χ4n) is 2.61. The van der Waals surface area contributed by atoms with Crippen LogP contribution in [-0.2, 0) is 14.3 Å². The van der Waals surface area contributed by atoms with Gasteiger partial charge in [-0.1, -0.05) is 6.08 Å². The fraction of sp³-hybridized carbons (Fsp3) is 0.389. The Labute approximate surface area is 139 Å². The van der Waals surface area contributed by atoms with Crippen LogP contribution in [0.15, 0.2) is 30.4 Å². The lowest BCUT2D eigenvalue weighted by molar-refractivity contribution is -0.147. The molecule has 0 atom stereocenters. The van der Waals surface area contributed by atoms with Crippen LogP contribution >= 0.6 is 0 Å². The molecule has 1 aromatic rings. The van der Waals surface area contributed by atoms with E-state index in [9.17, 15) is 14.0 Å². The van der Waals surface area contributed by atoms with E-state index in [4.69, 9.17) is 14.7 Å². The zero-order chi connectivity index (χ0) is 17.5. The summed E-state index contributed by atoms with van der Waals surface area (Å²) in [6.45, 7) is 1.74. The maximum Gasteiger partial charge on any atom is 0.330 e. The van der Waals surface area contributed by atoms with Crippen molar-refractivity contribution in [1.82, 2.24) is 0 Å². The van der Waals surface area contributed by atoms with Crippen LogP contribution in [0.3, 0.4) is 0 Å². The first kappa shape index (κ1) is 17.7. The first-order valence-electron chi connectivity index (χ1n) is 7.78. The molecular formula is C18H18FNO4. The van der Waals surface area contributed by atoms with Gasteiger partial charge in [0, 0.05) is 12.1 Å². The van der Waals surface area contributed by atoms with Gasteiger partial charge < -0.3 is 9.47 Å². The Balaban J connectivity index is 1.86. The molecule has 1 aromatic carbocycles. The van der Waals surface area contributed by atoms with Crippen molar-refractivity contribution in [3.05, 3.63) is 41.7 Å². The summed E-state index contributed by atoms with van der Waals surface area (Å²) >= 11 is 0. The van der Waals surface area contributed by atoms with Gasteiger partial charge in [-0.25, -0.2) is 9.18 Å². The minimum Gasteiger partial charge on any atom is -0.459 e. The lowest BCUT2D eigenvalue weighted by Crippen LogP contribution is -2.29. The first-order chi connectivity index (χ1) is 11.5. The van der Waals surface area contributed by atoms with E-state index in [1.807, 2.05) is 0 Å². The molecule has 1 fully saturated rings. The van der Waals surface area contributed by atoms with Crippen molar-refractivity contribution >= 4 is 11.9 Å². The molecule has 24 heavy (non-hydrogen) atoms. The lowest BCUT2D eigenvalue weighted by Gasteiger charge is -2.26. The van der Waals surface area contributed by atoms with Crippen LogP contribution in [0.25, 0.3) is 0 Å². The number of benzene rings is 1. The summed E-state index contributed by atoms with van der Waals surface area (Å²) in [5.41, 5.74) is -0.0988. The van der Waals surface area contributed by atoms with Gasteiger partial charge in [0.2, 0.25) is 0 Å². The summed E-state index contributed by atoms with van der Waals surface area (Å²) in [6, 6.07) is 5.40. The average molecular weight is 331 g/mol. The van der Waals surface area contributed by atoms with E-state index < -0.39 is 11.8 Å². The SMILES string of the molecule is C/C=C/C(=O)O[C@H]1CC[C@H](C(=O)Oc2ccc(C#N)c(F)c2)CC1. The van der Waals surface area contributed by atoms with Gasteiger partial charge in [0.05, 0.1) is 11.5 Å². The third kappa shape index (κ3) is 4.66. The predicted octanol–water partition coefficient (Wildman–Crippen LogP) is 3.28. The van der Waals surface area contributed by atoms with Gasteiger partial charge in [0.15, 0.2) is 0 Å². The molecule has 1 aliphatic carbocycles. The highest BCUT2D eigenvalue weighted by Gasteiger charge is 2.29. The van der Waals surface area contributed by atoms with E-state index in [-0.39, 0.29) is 29.3 Å². The monoisotopic (exact) mass is 331 g/mol. The number of nitriles is 1. The van der Waals surface area contributed by atoms with Crippen molar-refractivity contribution in [1.29, 1.82) is 5.26 Å². The summed E-state index contributed by atoms with van der Waals surface area (Å²) in [5, 5.41) is 8.68. The minimum atomic E-state index is -0.720. The van der Waals surface area contributed by atoms with E-state index in [1.165, 1.54) is 18.2 Å². The van der Waals surface area contributed by atoms with Crippen LogP contribution in [0.1, 0.15) is 38.2 Å². The summed E-state index contributed by atoms with van der Waals surface area (Å²) < 4.78 is 24.0. The molecule has 0 spiro atoms. The van der Waals surface area contributed by atoms with Crippen molar-refractivity contribution in [2.24, 2.45) is 5.92 Å². The van der Waals surface area contributed by atoms with Crippen LogP contribution in [0.5, 0.6) is 5.75 Å². The van der Waals surface area contributed by atoms with Gasteiger partial charge in [0.1, 0.15) is 23.7 Å². The topological polar surface area (TPSA) is 76.4 Å². The Bertz CT molecular complexity index is 685. The van der Waals surface area contributed by atoms with Crippen molar-refractivity contribution in [2.45, 2.75) is 38.7 Å². The number of hydrogen-bond acceptors (Lipinski definition) is 5. The second kappa shape index (κ2) is 8.25. The third-order valence-electron chi connectivity index (χ3n) is 3.87. The third-order valence-corrected chi connectivity index (χ3v) is 3.87. The lowest BCUT2D eigenvalue weighted by atomic mass is 9.87. The van der Waals surface area contributed by atoms with Gasteiger partial charge >= 0.3 is 11.9 Å². The normalized spacial score (nSPS) is 20.4. The largest absolute Gasteiger partial charge is 0.459 e.